The monoisotopic (exact) mass is 311 g/mol. The van der Waals surface area contributed by atoms with Gasteiger partial charge in [-0.3, -0.25) is 4.79 Å². The molecular formula is C19H21NOS. The number of thiophene rings is 1. The van der Waals surface area contributed by atoms with Crippen LogP contribution in [0.25, 0.3) is 10.4 Å². The molecule has 0 aliphatic carbocycles. The molecule has 2 nitrogen and oxygen atoms in total. The summed E-state index contributed by atoms with van der Waals surface area (Å²) in [4.78, 5) is 16.5. The Labute approximate surface area is 135 Å². The van der Waals surface area contributed by atoms with Crippen molar-refractivity contribution in [3.8, 4) is 10.4 Å². The van der Waals surface area contributed by atoms with Gasteiger partial charge in [0.25, 0.3) is 0 Å². The van der Waals surface area contributed by atoms with Gasteiger partial charge in [-0.2, -0.15) is 0 Å². The molecule has 3 heterocycles. The first-order valence-electron chi connectivity index (χ1n) is 7.82. The predicted molar refractivity (Wildman–Crippen MR) is 90.6 cm³/mol. The minimum atomic E-state index is -0.349. The molecule has 1 saturated heterocycles. The van der Waals surface area contributed by atoms with Gasteiger partial charge in [-0.1, -0.05) is 52.0 Å². The highest BCUT2D eigenvalue weighted by Gasteiger charge is 2.60. The lowest BCUT2D eigenvalue weighted by Crippen LogP contribution is -2.34. The Morgan fingerprint density at radius 1 is 1.14 bits per heavy atom. The van der Waals surface area contributed by atoms with E-state index >= 15 is 0 Å². The van der Waals surface area contributed by atoms with E-state index in [2.05, 4.69) is 68.3 Å². The first-order valence-corrected chi connectivity index (χ1v) is 8.70. The Morgan fingerprint density at radius 3 is 2.64 bits per heavy atom. The van der Waals surface area contributed by atoms with Gasteiger partial charge in [0.05, 0.1) is 11.5 Å². The third-order valence-electron chi connectivity index (χ3n) is 5.99. The lowest BCUT2D eigenvalue weighted by Gasteiger charge is -2.37. The van der Waals surface area contributed by atoms with Crippen LogP contribution >= 0.6 is 11.3 Å². The maximum Gasteiger partial charge on any atom is 0.229 e. The van der Waals surface area contributed by atoms with Crippen LogP contribution in [0.5, 0.6) is 0 Å². The molecule has 22 heavy (non-hydrogen) atoms. The van der Waals surface area contributed by atoms with E-state index in [1.165, 1.54) is 21.6 Å². The largest absolute Gasteiger partial charge is 0.330 e. The fourth-order valence-electron chi connectivity index (χ4n) is 4.03. The molecule has 1 fully saturated rings. The van der Waals surface area contributed by atoms with Crippen LogP contribution in [0.1, 0.15) is 44.9 Å². The highest BCUT2D eigenvalue weighted by atomic mass is 32.1. The maximum absolute atomic E-state index is 13.1. The first-order chi connectivity index (χ1) is 10.4. The molecule has 114 valence electrons. The van der Waals surface area contributed by atoms with Gasteiger partial charge in [0.15, 0.2) is 0 Å². The van der Waals surface area contributed by atoms with Gasteiger partial charge in [-0.25, -0.2) is 0 Å². The Kier molecular flexibility index (Phi) is 2.69. The molecule has 0 radical (unpaired) electrons. The number of carbonyl (C=O) groups excluding carboxylic acids is 1. The number of hydrogen-bond acceptors (Lipinski definition) is 2. The average molecular weight is 311 g/mol. The van der Waals surface area contributed by atoms with Crippen molar-refractivity contribution >= 4 is 17.2 Å². The third kappa shape index (κ3) is 1.52. The molecule has 2 aromatic rings. The topological polar surface area (TPSA) is 20.3 Å². The molecule has 1 aromatic heterocycles. The Balaban J connectivity index is 2.03. The number of carbonyl (C=O) groups is 1. The van der Waals surface area contributed by atoms with Crippen LogP contribution < -0.4 is 0 Å². The van der Waals surface area contributed by atoms with Gasteiger partial charge < -0.3 is 4.90 Å². The molecule has 1 aromatic carbocycles. The van der Waals surface area contributed by atoms with Gasteiger partial charge in [-0.15, -0.1) is 11.3 Å². The molecule has 1 unspecified atom stereocenters. The lowest BCUT2D eigenvalue weighted by atomic mass is 9.65. The molecular weight excluding hydrogens is 290 g/mol. The molecule has 0 N–H and O–H groups in total. The van der Waals surface area contributed by atoms with Crippen LogP contribution in [-0.4, -0.2) is 10.8 Å². The quantitative estimate of drug-likeness (QED) is 0.680. The summed E-state index contributed by atoms with van der Waals surface area (Å²) in [6.07, 6.45) is 0. The highest BCUT2D eigenvalue weighted by Crippen LogP contribution is 2.60. The molecule has 3 heteroatoms. The van der Waals surface area contributed by atoms with Crippen LogP contribution in [0, 0.1) is 10.8 Å². The number of nitrogens with zero attached hydrogens (tertiary/aromatic N) is 1. The number of benzene rings is 1. The standard InChI is InChI=1S/C19H21NOS/c1-18(2)16-14-8-6-5-7-13(14)15-12(9-10-22-15)11-20(16)17(21)19(18,3)4/h5-10,16H,11H2,1-4H3. The van der Waals surface area contributed by atoms with Crippen LogP contribution in [0.2, 0.25) is 0 Å². The fraction of sp³-hybridized carbons (Fsp3) is 0.421. The summed E-state index contributed by atoms with van der Waals surface area (Å²) in [5.74, 6) is 0.274. The van der Waals surface area contributed by atoms with Crippen LogP contribution in [0.15, 0.2) is 35.7 Å². The second kappa shape index (κ2) is 4.23. The Bertz CT molecular complexity index is 771. The molecule has 4 rings (SSSR count). The lowest BCUT2D eigenvalue weighted by molar-refractivity contribution is -0.136. The van der Waals surface area contributed by atoms with Gasteiger partial charge in [0.2, 0.25) is 5.91 Å². The van der Waals surface area contributed by atoms with E-state index in [0.717, 1.165) is 6.54 Å². The van der Waals surface area contributed by atoms with Crippen molar-refractivity contribution in [3.05, 3.63) is 46.8 Å². The van der Waals surface area contributed by atoms with E-state index < -0.39 is 0 Å². The molecule has 1 amide bonds. The minimum absolute atomic E-state index is 0.103. The van der Waals surface area contributed by atoms with Gasteiger partial charge in [0.1, 0.15) is 0 Å². The minimum Gasteiger partial charge on any atom is -0.330 e. The summed E-state index contributed by atoms with van der Waals surface area (Å²) in [6.45, 7) is 9.41. The van der Waals surface area contributed by atoms with Gasteiger partial charge >= 0.3 is 0 Å². The van der Waals surface area contributed by atoms with Crippen molar-refractivity contribution < 1.29 is 4.79 Å². The van der Waals surface area contributed by atoms with Crippen molar-refractivity contribution in [2.24, 2.45) is 10.8 Å². The number of amides is 1. The number of rotatable bonds is 0. The van der Waals surface area contributed by atoms with Crippen molar-refractivity contribution in [3.63, 3.8) is 0 Å². The fourth-order valence-corrected chi connectivity index (χ4v) is 4.99. The smallest absolute Gasteiger partial charge is 0.229 e. The summed E-state index contributed by atoms with van der Waals surface area (Å²) >= 11 is 1.78. The van der Waals surface area contributed by atoms with Crippen molar-refractivity contribution in [2.75, 3.05) is 0 Å². The number of fused-ring (bicyclic) bond motifs is 5. The normalized spacial score (nSPS) is 24.5. The van der Waals surface area contributed by atoms with Crippen molar-refractivity contribution in [1.82, 2.24) is 4.90 Å². The molecule has 2 aliphatic rings. The summed E-state index contributed by atoms with van der Waals surface area (Å²) in [6, 6.07) is 10.9. The van der Waals surface area contributed by atoms with Gasteiger partial charge in [-0.05, 0) is 28.1 Å². The average Bonchev–Trinajstić information content (AvgIpc) is 2.93. The predicted octanol–water partition coefficient (Wildman–Crippen LogP) is 4.86. The highest BCUT2D eigenvalue weighted by molar-refractivity contribution is 7.13. The Morgan fingerprint density at radius 2 is 1.86 bits per heavy atom. The van der Waals surface area contributed by atoms with E-state index in [0.29, 0.717) is 0 Å². The van der Waals surface area contributed by atoms with Crippen molar-refractivity contribution in [2.45, 2.75) is 40.3 Å². The molecule has 0 bridgehead atoms. The first kappa shape index (κ1) is 14.0. The van der Waals surface area contributed by atoms with E-state index in [9.17, 15) is 4.79 Å². The SMILES string of the molecule is CC1(C)C(=O)N2Cc3ccsc3-c3ccccc3C2C1(C)C. The number of hydrogen-bond donors (Lipinski definition) is 0. The zero-order valence-corrected chi connectivity index (χ0v) is 14.3. The van der Waals surface area contributed by atoms with Gasteiger partial charge in [0, 0.05) is 16.8 Å². The summed E-state index contributed by atoms with van der Waals surface area (Å²) < 4.78 is 0. The summed E-state index contributed by atoms with van der Waals surface area (Å²) in [5, 5.41) is 2.14. The molecule has 2 aliphatic heterocycles. The maximum atomic E-state index is 13.1. The van der Waals surface area contributed by atoms with E-state index in [1.54, 1.807) is 11.3 Å². The summed E-state index contributed by atoms with van der Waals surface area (Å²) in [7, 11) is 0. The molecule has 1 atom stereocenters. The van der Waals surface area contributed by atoms with E-state index in [-0.39, 0.29) is 22.8 Å². The second-order valence-electron chi connectivity index (χ2n) is 7.54. The molecule has 0 saturated carbocycles. The summed E-state index contributed by atoms with van der Waals surface area (Å²) in [5.41, 5.74) is 3.43. The second-order valence-corrected chi connectivity index (χ2v) is 8.46. The van der Waals surface area contributed by atoms with Crippen LogP contribution in [0.4, 0.5) is 0 Å². The zero-order valence-electron chi connectivity index (χ0n) is 13.5. The van der Waals surface area contributed by atoms with E-state index in [1.807, 2.05) is 0 Å². The zero-order chi connectivity index (χ0) is 15.7. The van der Waals surface area contributed by atoms with E-state index in [4.69, 9.17) is 0 Å². The van der Waals surface area contributed by atoms with Crippen LogP contribution in [-0.2, 0) is 11.3 Å². The van der Waals surface area contributed by atoms with Crippen LogP contribution in [0.3, 0.4) is 0 Å². The Hall–Kier alpha value is -1.61. The molecule has 0 spiro atoms. The third-order valence-corrected chi connectivity index (χ3v) is 6.98. The van der Waals surface area contributed by atoms with Crippen molar-refractivity contribution in [1.29, 1.82) is 0 Å².